The lowest BCUT2D eigenvalue weighted by molar-refractivity contribution is 0.0931. The van der Waals surface area contributed by atoms with Gasteiger partial charge in [-0.25, -0.2) is 9.37 Å². The fraction of sp³-hybridized carbons (Fsp3) is 0.286. The van der Waals surface area contributed by atoms with E-state index in [0.29, 0.717) is 5.76 Å². The van der Waals surface area contributed by atoms with Crippen molar-refractivity contribution in [1.29, 1.82) is 0 Å². The number of nitrogens with one attached hydrogen (secondary N) is 2. The topological polar surface area (TPSA) is 67.2 Å². The number of aryl methyl sites for hydroxylation is 1. The third-order valence-corrected chi connectivity index (χ3v) is 2.91. The molecule has 0 radical (unpaired) electrons. The molecule has 1 unspecified atom stereocenters. The fourth-order valence-corrected chi connectivity index (χ4v) is 1.83. The predicted molar refractivity (Wildman–Crippen MR) is 73.1 cm³/mol. The van der Waals surface area contributed by atoms with E-state index < -0.39 is 11.7 Å². The van der Waals surface area contributed by atoms with Gasteiger partial charge < -0.3 is 15.1 Å². The first-order valence-corrected chi connectivity index (χ1v) is 6.22. The van der Waals surface area contributed by atoms with Crippen LogP contribution in [0.3, 0.4) is 0 Å². The molecule has 2 aromatic heterocycles. The average molecular weight is 277 g/mol. The minimum absolute atomic E-state index is 0.0409. The van der Waals surface area contributed by atoms with Crippen LogP contribution in [-0.2, 0) is 0 Å². The summed E-state index contributed by atoms with van der Waals surface area (Å²) in [7, 11) is 1.54. The number of furan rings is 1. The lowest BCUT2D eigenvalue weighted by Crippen LogP contribution is -2.27. The Hall–Kier alpha value is -2.37. The first-order valence-electron chi connectivity index (χ1n) is 6.22. The number of nitrogens with zero attached hydrogens (tertiary/aromatic N) is 1. The van der Waals surface area contributed by atoms with E-state index in [1.54, 1.807) is 20.0 Å². The monoisotopic (exact) mass is 277 g/mol. The van der Waals surface area contributed by atoms with Crippen LogP contribution in [0, 0.1) is 12.7 Å². The van der Waals surface area contributed by atoms with Gasteiger partial charge in [0.25, 0.3) is 5.91 Å². The molecular weight excluding hydrogens is 261 g/mol. The Morgan fingerprint density at radius 1 is 1.40 bits per heavy atom. The molecule has 2 N–H and O–H groups in total. The molecule has 5 nitrogen and oxygen atoms in total. The standard InChI is InChI=1S/C14H16FN3O2/c1-8-4-5-11(20-8)9(2)18-14(19)10-6-7-17-13(16-3)12(10)15/h4-7,9H,1-3H3,(H,16,17)(H,18,19). The van der Waals surface area contributed by atoms with Crippen LogP contribution in [0.1, 0.15) is 34.8 Å². The number of hydrogen-bond acceptors (Lipinski definition) is 4. The Balaban J connectivity index is 2.16. The molecule has 0 fully saturated rings. The normalized spacial score (nSPS) is 12.0. The zero-order chi connectivity index (χ0) is 14.7. The first kappa shape index (κ1) is 14.0. The molecule has 0 spiro atoms. The number of hydrogen-bond donors (Lipinski definition) is 2. The molecule has 1 atom stereocenters. The van der Waals surface area contributed by atoms with Gasteiger partial charge in [0.2, 0.25) is 0 Å². The van der Waals surface area contributed by atoms with Crippen LogP contribution in [0.2, 0.25) is 0 Å². The van der Waals surface area contributed by atoms with Gasteiger partial charge in [0.15, 0.2) is 11.6 Å². The number of anilines is 1. The highest BCUT2D eigenvalue weighted by atomic mass is 19.1. The van der Waals surface area contributed by atoms with Crippen molar-refractivity contribution >= 4 is 11.7 Å². The summed E-state index contributed by atoms with van der Waals surface area (Å²) in [6.45, 7) is 3.59. The van der Waals surface area contributed by atoms with Crippen molar-refractivity contribution in [3.63, 3.8) is 0 Å². The number of halogens is 1. The second-order valence-electron chi connectivity index (χ2n) is 4.41. The van der Waals surface area contributed by atoms with Crippen molar-refractivity contribution < 1.29 is 13.6 Å². The van der Waals surface area contributed by atoms with Crippen molar-refractivity contribution in [2.24, 2.45) is 0 Å². The summed E-state index contributed by atoms with van der Waals surface area (Å²) < 4.78 is 19.4. The van der Waals surface area contributed by atoms with Crippen molar-refractivity contribution in [3.8, 4) is 0 Å². The quantitative estimate of drug-likeness (QED) is 0.901. The summed E-state index contributed by atoms with van der Waals surface area (Å²) in [6, 6.07) is 4.58. The number of aromatic nitrogens is 1. The van der Waals surface area contributed by atoms with Crippen LogP contribution in [0.15, 0.2) is 28.8 Å². The molecule has 0 saturated heterocycles. The van der Waals surface area contributed by atoms with Crippen LogP contribution >= 0.6 is 0 Å². The third-order valence-electron chi connectivity index (χ3n) is 2.91. The molecule has 0 aliphatic heterocycles. The smallest absolute Gasteiger partial charge is 0.255 e. The zero-order valence-corrected chi connectivity index (χ0v) is 11.5. The van der Waals surface area contributed by atoms with Crippen LogP contribution in [0.4, 0.5) is 10.2 Å². The summed E-state index contributed by atoms with van der Waals surface area (Å²) in [6.07, 6.45) is 1.38. The largest absolute Gasteiger partial charge is 0.464 e. The van der Waals surface area contributed by atoms with Gasteiger partial charge in [-0.15, -0.1) is 0 Å². The summed E-state index contributed by atoms with van der Waals surface area (Å²) >= 11 is 0. The van der Waals surface area contributed by atoms with Gasteiger partial charge in [-0.3, -0.25) is 4.79 Å². The Labute approximate surface area is 116 Å². The molecule has 0 bridgehead atoms. The molecule has 0 aliphatic rings. The van der Waals surface area contributed by atoms with Gasteiger partial charge in [-0.1, -0.05) is 0 Å². The van der Waals surface area contributed by atoms with Gasteiger partial charge in [0.05, 0.1) is 11.6 Å². The maximum atomic E-state index is 14.0. The van der Waals surface area contributed by atoms with Crippen molar-refractivity contribution in [2.75, 3.05) is 12.4 Å². The molecule has 106 valence electrons. The van der Waals surface area contributed by atoms with Gasteiger partial charge in [0.1, 0.15) is 11.5 Å². The van der Waals surface area contributed by atoms with Crippen LogP contribution in [0.5, 0.6) is 0 Å². The van der Waals surface area contributed by atoms with E-state index in [-0.39, 0.29) is 17.4 Å². The molecule has 0 aromatic carbocycles. The van der Waals surface area contributed by atoms with E-state index in [4.69, 9.17) is 4.42 Å². The summed E-state index contributed by atoms with van der Waals surface area (Å²) in [5.41, 5.74) is -0.0560. The van der Waals surface area contributed by atoms with E-state index in [2.05, 4.69) is 15.6 Å². The minimum Gasteiger partial charge on any atom is -0.464 e. The third kappa shape index (κ3) is 2.79. The Morgan fingerprint density at radius 2 is 2.15 bits per heavy atom. The Morgan fingerprint density at radius 3 is 2.75 bits per heavy atom. The molecule has 20 heavy (non-hydrogen) atoms. The summed E-state index contributed by atoms with van der Waals surface area (Å²) in [5, 5.41) is 5.28. The van der Waals surface area contributed by atoms with Crippen molar-refractivity contribution in [2.45, 2.75) is 19.9 Å². The summed E-state index contributed by atoms with van der Waals surface area (Å²) in [4.78, 5) is 15.9. The van der Waals surface area contributed by atoms with Crippen LogP contribution in [-0.4, -0.2) is 17.9 Å². The number of carbonyl (C=O) groups is 1. The summed E-state index contributed by atoms with van der Waals surface area (Å²) in [5.74, 6) is 0.241. The second-order valence-corrected chi connectivity index (χ2v) is 4.41. The number of rotatable bonds is 4. The van der Waals surface area contributed by atoms with Crippen molar-refractivity contribution in [1.82, 2.24) is 10.3 Å². The maximum absolute atomic E-state index is 14.0. The fourth-order valence-electron chi connectivity index (χ4n) is 1.83. The highest BCUT2D eigenvalue weighted by molar-refractivity contribution is 5.95. The van der Waals surface area contributed by atoms with E-state index in [1.165, 1.54) is 12.3 Å². The highest BCUT2D eigenvalue weighted by Gasteiger charge is 2.19. The van der Waals surface area contributed by atoms with Crippen LogP contribution < -0.4 is 10.6 Å². The molecule has 2 heterocycles. The van der Waals surface area contributed by atoms with Gasteiger partial charge >= 0.3 is 0 Å². The number of pyridine rings is 1. The second kappa shape index (κ2) is 5.73. The average Bonchev–Trinajstić information content (AvgIpc) is 2.85. The van der Waals surface area contributed by atoms with E-state index in [0.717, 1.165) is 5.76 Å². The maximum Gasteiger partial charge on any atom is 0.255 e. The van der Waals surface area contributed by atoms with Gasteiger partial charge in [-0.05, 0) is 32.0 Å². The molecule has 0 aliphatic carbocycles. The number of carbonyl (C=O) groups excluding carboxylic acids is 1. The van der Waals surface area contributed by atoms with E-state index in [9.17, 15) is 9.18 Å². The molecule has 2 rings (SSSR count). The minimum atomic E-state index is -0.671. The molecule has 2 aromatic rings. The molecule has 0 saturated carbocycles. The van der Waals surface area contributed by atoms with Gasteiger partial charge in [-0.2, -0.15) is 0 Å². The Bertz CT molecular complexity index is 625. The molecule has 1 amide bonds. The SMILES string of the molecule is CNc1nccc(C(=O)NC(C)c2ccc(C)o2)c1F. The van der Waals surface area contributed by atoms with E-state index in [1.807, 2.05) is 13.0 Å². The van der Waals surface area contributed by atoms with Gasteiger partial charge in [0, 0.05) is 13.2 Å². The highest BCUT2D eigenvalue weighted by Crippen LogP contribution is 2.18. The van der Waals surface area contributed by atoms with E-state index >= 15 is 0 Å². The van der Waals surface area contributed by atoms with Crippen molar-refractivity contribution in [3.05, 3.63) is 47.3 Å². The lowest BCUT2D eigenvalue weighted by Gasteiger charge is -2.12. The predicted octanol–water partition coefficient (Wildman–Crippen LogP) is 2.65. The first-order chi connectivity index (χ1) is 9.52. The zero-order valence-electron chi connectivity index (χ0n) is 11.5. The Kier molecular flexibility index (Phi) is 4.02. The lowest BCUT2D eigenvalue weighted by atomic mass is 10.2. The molecular formula is C14H16FN3O2. The number of amides is 1. The molecule has 6 heteroatoms. The van der Waals surface area contributed by atoms with Crippen LogP contribution in [0.25, 0.3) is 0 Å².